The van der Waals surface area contributed by atoms with Crippen LogP contribution in [0, 0.1) is 5.41 Å². The van der Waals surface area contributed by atoms with E-state index in [1.807, 2.05) is 18.2 Å². The van der Waals surface area contributed by atoms with Crippen LogP contribution >= 0.6 is 0 Å². The molecule has 1 aliphatic rings. The van der Waals surface area contributed by atoms with E-state index in [-0.39, 0.29) is 0 Å². The molecule has 0 radical (unpaired) electrons. The van der Waals surface area contributed by atoms with Crippen LogP contribution in [0.2, 0.25) is 0 Å². The van der Waals surface area contributed by atoms with Gasteiger partial charge >= 0.3 is 0 Å². The maximum absolute atomic E-state index is 5.35. The van der Waals surface area contributed by atoms with Crippen molar-refractivity contribution in [2.75, 3.05) is 41.5 Å². The van der Waals surface area contributed by atoms with Gasteiger partial charge in [-0.3, -0.25) is 4.99 Å². The largest absolute Gasteiger partial charge is 0.493 e. The van der Waals surface area contributed by atoms with Crippen LogP contribution in [0.3, 0.4) is 0 Å². The summed E-state index contributed by atoms with van der Waals surface area (Å²) in [6, 6.07) is 5.92. The van der Waals surface area contributed by atoms with Crippen molar-refractivity contribution >= 4 is 5.96 Å². The molecule has 2 N–H and O–H groups in total. The van der Waals surface area contributed by atoms with Gasteiger partial charge in [0.1, 0.15) is 0 Å². The first-order valence-electron chi connectivity index (χ1n) is 8.81. The minimum atomic E-state index is 0.358. The lowest BCUT2D eigenvalue weighted by atomic mass is 9.67. The number of rotatable bonds is 9. The summed E-state index contributed by atoms with van der Waals surface area (Å²) in [6.45, 7) is 2.42. The molecule has 0 bridgehead atoms. The van der Waals surface area contributed by atoms with Gasteiger partial charge in [0.15, 0.2) is 17.5 Å². The fraction of sp³-hybridized carbons (Fsp3) is 0.632. The van der Waals surface area contributed by atoms with Crippen LogP contribution in [0.15, 0.2) is 23.2 Å². The van der Waals surface area contributed by atoms with E-state index < -0.39 is 0 Å². The van der Waals surface area contributed by atoms with Crippen molar-refractivity contribution in [2.45, 2.75) is 32.2 Å². The van der Waals surface area contributed by atoms with Crippen molar-refractivity contribution in [1.82, 2.24) is 10.6 Å². The van der Waals surface area contributed by atoms with Crippen molar-refractivity contribution in [3.63, 3.8) is 0 Å². The normalized spacial score (nSPS) is 16.1. The maximum atomic E-state index is 5.35. The molecule has 1 aliphatic carbocycles. The van der Waals surface area contributed by atoms with Crippen LogP contribution in [0.5, 0.6) is 11.5 Å². The highest BCUT2D eigenvalue weighted by molar-refractivity contribution is 5.79. The molecule has 0 unspecified atom stereocenters. The van der Waals surface area contributed by atoms with Crippen LogP contribution in [-0.4, -0.2) is 47.5 Å². The van der Waals surface area contributed by atoms with E-state index in [9.17, 15) is 0 Å². The monoisotopic (exact) mass is 349 g/mol. The first-order valence-corrected chi connectivity index (χ1v) is 8.81. The predicted octanol–water partition coefficient (Wildman–Crippen LogP) is 2.58. The highest BCUT2D eigenvalue weighted by atomic mass is 16.5. The molecule has 1 aromatic rings. The molecule has 1 fully saturated rings. The molecule has 0 amide bonds. The Hall–Kier alpha value is -1.95. The van der Waals surface area contributed by atoms with Crippen LogP contribution in [0.1, 0.15) is 31.2 Å². The van der Waals surface area contributed by atoms with Gasteiger partial charge in [-0.2, -0.15) is 0 Å². The third-order valence-corrected chi connectivity index (χ3v) is 5.01. The zero-order chi connectivity index (χ0) is 18.1. The van der Waals surface area contributed by atoms with E-state index in [4.69, 9.17) is 14.2 Å². The molecule has 2 rings (SSSR count). The van der Waals surface area contributed by atoms with Crippen molar-refractivity contribution in [2.24, 2.45) is 10.4 Å². The Labute approximate surface area is 151 Å². The summed E-state index contributed by atoms with van der Waals surface area (Å²) in [6.07, 6.45) is 4.93. The molecule has 25 heavy (non-hydrogen) atoms. The molecule has 140 valence electrons. The number of nitrogens with one attached hydrogen (secondary N) is 2. The molecule has 0 saturated heterocycles. The number of aliphatic imine (C=N–C) groups is 1. The lowest BCUT2D eigenvalue weighted by molar-refractivity contribution is 0.0732. The molecule has 0 atom stereocenters. The summed E-state index contributed by atoms with van der Waals surface area (Å²) in [5.74, 6) is 2.29. The van der Waals surface area contributed by atoms with Gasteiger partial charge < -0.3 is 24.8 Å². The Balaban J connectivity index is 1.86. The van der Waals surface area contributed by atoms with Crippen molar-refractivity contribution in [3.8, 4) is 11.5 Å². The average Bonchev–Trinajstić information content (AvgIpc) is 2.62. The van der Waals surface area contributed by atoms with Crippen LogP contribution in [-0.2, 0) is 11.3 Å². The Morgan fingerprint density at radius 3 is 2.44 bits per heavy atom. The molecule has 0 spiro atoms. The fourth-order valence-electron chi connectivity index (χ4n) is 3.18. The number of nitrogens with zero attached hydrogens (tertiary/aromatic N) is 1. The van der Waals surface area contributed by atoms with Crippen LogP contribution < -0.4 is 20.1 Å². The zero-order valence-electron chi connectivity index (χ0n) is 15.9. The maximum Gasteiger partial charge on any atom is 0.191 e. The number of hydrogen-bond acceptors (Lipinski definition) is 4. The van der Waals surface area contributed by atoms with Gasteiger partial charge in [0.2, 0.25) is 0 Å². The third-order valence-electron chi connectivity index (χ3n) is 5.01. The third kappa shape index (κ3) is 5.26. The van der Waals surface area contributed by atoms with Gasteiger partial charge in [0.05, 0.1) is 14.2 Å². The Bertz CT molecular complexity index is 571. The Kier molecular flexibility index (Phi) is 7.37. The molecule has 1 saturated carbocycles. The number of ether oxygens (including phenoxy) is 3. The van der Waals surface area contributed by atoms with E-state index in [1.165, 1.54) is 19.3 Å². The summed E-state index contributed by atoms with van der Waals surface area (Å²) in [5.41, 5.74) is 1.47. The summed E-state index contributed by atoms with van der Waals surface area (Å²) in [5, 5.41) is 6.83. The molecule has 0 aliphatic heterocycles. The topological polar surface area (TPSA) is 64.1 Å². The lowest BCUT2D eigenvalue weighted by Crippen LogP contribution is -2.46. The second-order valence-electron chi connectivity index (χ2n) is 6.57. The number of methoxy groups -OCH3 is 3. The van der Waals surface area contributed by atoms with Crippen molar-refractivity contribution in [3.05, 3.63) is 23.8 Å². The molecule has 1 aromatic carbocycles. The predicted molar refractivity (Wildman–Crippen MR) is 101 cm³/mol. The molecule has 0 aromatic heterocycles. The van der Waals surface area contributed by atoms with Gasteiger partial charge in [-0.25, -0.2) is 0 Å². The number of hydrogen-bond donors (Lipinski definition) is 2. The summed E-state index contributed by atoms with van der Waals surface area (Å²) in [7, 11) is 6.85. The zero-order valence-corrected chi connectivity index (χ0v) is 15.9. The quantitative estimate of drug-likeness (QED) is 0.530. The number of benzene rings is 1. The smallest absolute Gasteiger partial charge is 0.191 e. The molecule has 6 nitrogen and oxygen atoms in total. The van der Waals surface area contributed by atoms with E-state index >= 15 is 0 Å². The van der Waals surface area contributed by atoms with Gasteiger partial charge in [-0.05, 0) is 42.4 Å². The standard InChI is InChI=1S/C19H31N3O3/c1-20-18(22-14-19(8-5-9-19)10-11-23-2)21-13-15-6-7-16(24-3)17(12-15)25-4/h6-7,12H,5,8-11,13-14H2,1-4H3,(H2,20,21,22). The lowest BCUT2D eigenvalue weighted by Gasteiger charge is -2.42. The van der Waals surface area contributed by atoms with E-state index in [0.717, 1.165) is 42.6 Å². The van der Waals surface area contributed by atoms with Crippen LogP contribution in [0.25, 0.3) is 0 Å². The first-order chi connectivity index (χ1) is 12.2. The highest BCUT2D eigenvalue weighted by Crippen LogP contribution is 2.43. The second kappa shape index (κ2) is 9.51. The van der Waals surface area contributed by atoms with Gasteiger partial charge in [-0.15, -0.1) is 0 Å². The molecule has 0 heterocycles. The fourth-order valence-corrected chi connectivity index (χ4v) is 3.18. The molecule has 6 heteroatoms. The minimum Gasteiger partial charge on any atom is -0.493 e. The minimum absolute atomic E-state index is 0.358. The van der Waals surface area contributed by atoms with E-state index in [1.54, 1.807) is 28.4 Å². The highest BCUT2D eigenvalue weighted by Gasteiger charge is 2.36. The molecular formula is C19H31N3O3. The Morgan fingerprint density at radius 2 is 1.88 bits per heavy atom. The van der Waals surface area contributed by atoms with Crippen molar-refractivity contribution < 1.29 is 14.2 Å². The Morgan fingerprint density at radius 1 is 1.12 bits per heavy atom. The van der Waals surface area contributed by atoms with Crippen LogP contribution in [0.4, 0.5) is 0 Å². The van der Waals surface area contributed by atoms with E-state index in [2.05, 4.69) is 15.6 Å². The SMILES string of the molecule is CN=C(NCc1ccc(OC)c(OC)c1)NCC1(CCOC)CCC1. The average molecular weight is 349 g/mol. The first kappa shape index (κ1) is 19.4. The summed E-state index contributed by atoms with van der Waals surface area (Å²) >= 11 is 0. The van der Waals surface area contributed by atoms with Crippen molar-refractivity contribution in [1.29, 1.82) is 0 Å². The van der Waals surface area contributed by atoms with Gasteiger partial charge in [0, 0.05) is 33.9 Å². The summed E-state index contributed by atoms with van der Waals surface area (Å²) in [4.78, 5) is 4.33. The van der Waals surface area contributed by atoms with E-state index in [0.29, 0.717) is 12.0 Å². The molecular weight excluding hydrogens is 318 g/mol. The van der Waals surface area contributed by atoms with Gasteiger partial charge in [0.25, 0.3) is 0 Å². The second-order valence-corrected chi connectivity index (χ2v) is 6.57. The number of guanidine groups is 1. The van der Waals surface area contributed by atoms with Gasteiger partial charge in [-0.1, -0.05) is 12.5 Å². The summed E-state index contributed by atoms with van der Waals surface area (Å²) < 4.78 is 15.9.